The fourth-order valence-corrected chi connectivity index (χ4v) is 2.05. The van der Waals surface area contributed by atoms with Crippen LogP contribution in [0.2, 0.25) is 5.02 Å². The lowest BCUT2D eigenvalue weighted by Crippen LogP contribution is -2.08. The third-order valence-corrected chi connectivity index (χ3v) is 3.06. The van der Waals surface area contributed by atoms with Gasteiger partial charge in [-0.2, -0.15) is 0 Å². The molecule has 1 aliphatic rings. The van der Waals surface area contributed by atoms with Crippen molar-refractivity contribution < 1.29 is 4.79 Å². The third-order valence-electron chi connectivity index (χ3n) is 2.86. The lowest BCUT2D eigenvalue weighted by Gasteiger charge is -2.09. The first kappa shape index (κ1) is 14.2. The van der Waals surface area contributed by atoms with Gasteiger partial charge in [0.05, 0.1) is 16.4 Å². The number of halogens is 1. The van der Waals surface area contributed by atoms with Gasteiger partial charge < -0.3 is 0 Å². The first-order chi connectivity index (χ1) is 9.67. The van der Waals surface area contributed by atoms with Gasteiger partial charge in [0.25, 0.3) is 0 Å². The molecule has 1 aromatic rings. The molecule has 0 saturated carbocycles. The summed E-state index contributed by atoms with van der Waals surface area (Å²) in [5, 5.41) is 0.410. The molecule has 0 saturated heterocycles. The van der Waals surface area contributed by atoms with Crippen molar-refractivity contribution in [1.82, 2.24) is 4.98 Å². The van der Waals surface area contributed by atoms with Gasteiger partial charge in [-0.05, 0) is 30.7 Å². The summed E-state index contributed by atoms with van der Waals surface area (Å²) in [7, 11) is 0. The third kappa shape index (κ3) is 2.83. The number of Topliss-reactive ketones (excluding diaryl/α,β-unsaturated/α-hetero) is 1. The second-order valence-corrected chi connectivity index (χ2v) is 4.53. The van der Waals surface area contributed by atoms with Crippen molar-refractivity contribution in [3.63, 3.8) is 0 Å². The van der Waals surface area contributed by atoms with Crippen LogP contribution in [-0.4, -0.2) is 17.0 Å². The van der Waals surface area contributed by atoms with Crippen LogP contribution < -0.4 is 0 Å². The Morgan fingerprint density at radius 2 is 2.15 bits per heavy atom. The number of ketones is 1. The summed E-state index contributed by atoms with van der Waals surface area (Å²) < 4.78 is 0. The van der Waals surface area contributed by atoms with E-state index in [4.69, 9.17) is 11.6 Å². The molecule has 3 nitrogen and oxygen atoms in total. The number of carbonyl (C=O) groups excluding carboxylic acids is 1. The molecule has 2 rings (SSSR count). The summed E-state index contributed by atoms with van der Waals surface area (Å²) in [6, 6.07) is 1.60. The second-order valence-electron chi connectivity index (χ2n) is 4.10. The zero-order chi connectivity index (χ0) is 14.5. The predicted octanol–water partition coefficient (Wildman–Crippen LogP) is 4.03. The maximum Gasteiger partial charge on any atom is 0.193 e. The van der Waals surface area contributed by atoms with Crippen molar-refractivity contribution in [3.05, 3.63) is 71.2 Å². The van der Waals surface area contributed by atoms with E-state index in [1.165, 1.54) is 12.3 Å². The van der Waals surface area contributed by atoms with Gasteiger partial charge in [-0.15, -0.1) is 0 Å². The molecule has 0 N–H and O–H groups in total. The molecule has 20 heavy (non-hydrogen) atoms. The van der Waals surface area contributed by atoms with Gasteiger partial charge in [0.1, 0.15) is 0 Å². The Hall–Kier alpha value is -2.26. The molecule has 1 aliphatic heterocycles. The van der Waals surface area contributed by atoms with Gasteiger partial charge in [-0.25, -0.2) is 0 Å². The molecule has 4 heteroatoms. The number of hydrogen-bond acceptors (Lipinski definition) is 3. The molecule has 0 fully saturated rings. The van der Waals surface area contributed by atoms with Gasteiger partial charge >= 0.3 is 0 Å². The number of pyridine rings is 1. The fraction of sp³-hybridized carbons (Fsp3) is 0.0625. The van der Waals surface area contributed by atoms with E-state index < -0.39 is 0 Å². The summed E-state index contributed by atoms with van der Waals surface area (Å²) in [5.41, 5.74) is 2.06. The fourth-order valence-electron chi connectivity index (χ4n) is 1.89. The summed E-state index contributed by atoms with van der Waals surface area (Å²) in [6.45, 7) is 7.37. The zero-order valence-corrected chi connectivity index (χ0v) is 11.6. The highest BCUT2D eigenvalue weighted by Gasteiger charge is 2.19. The van der Waals surface area contributed by atoms with E-state index in [1.807, 2.05) is 6.08 Å². The quantitative estimate of drug-likeness (QED) is 0.783. The standard InChI is InChI=1S/C16H13ClN2O/c1-3-14-12(7-5-6-8-18-14)16(20)13-9-11(17)10-19-15(13)4-2/h3-6,8-10H,1-2,7H2. The molecule has 0 atom stereocenters. The molecule has 1 aromatic heterocycles. The van der Waals surface area contributed by atoms with E-state index in [2.05, 4.69) is 23.1 Å². The smallest absolute Gasteiger partial charge is 0.193 e. The van der Waals surface area contributed by atoms with E-state index in [0.29, 0.717) is 34.0 Å². The van der Waals surface area contributed by atoms with Crippen molar-refractivity contribution in [3.8, 4) is 0 Å². The van der Waals surface area contributed by atoms with E-state index >= 15 is 0 Å². The highest BCUT2D eigenvalue weighted by Crippen LogP contribution is 2.23. The lowest BCUT2D eigenvalue weighted by atomic mass is 9.97. The molecular formula is C16H13ClN2O. The first-order valence-electron chi connectivity index (χ1n) is 6.05. The first-order valence-corrected chi connectivity index (χ1v) is 6.42. The highest BCUT2D eigenvalue weighted by atomic mass is 35.5. The van der Waals surface area contributed by atoms with Crippen LogP contribution in [0.5, 0.6) is 0 Å². The topological polar surface area (TPSA) is 42.3 Å². The minimum absolute atomic E-state index is 0.159. The Kier molecular flexibility index (Phi) is 4.43. The van der Waals surface area contributed by atoms with Gasteiger partial charge in [0, 0.05) is 23.5 Å². The number of aromatic nitrogens is 1. The minimum atomic E-state index is -0.159. The van der Waals surface area contributed by atoms with Crippen LogP contribution in [0.1, 0.15) is 22.5 Å². The lowest BCUT2D eigenvalue weighted by molar-refractivity contribution is 0.103. The zero-order valence-electron chi connectivity index (χ0n) is 10.8. The minimum Gasteiger partial charge on any atom is -0.289 e. The Morgan fingerprint density at radius 1 is 1.35 bits per heavy atom. The SMILES string of the molecule is C=CC1=C(C(=O)c2cc(Cl)cnc2C=C)CC=CC=N1. The summed E-state index contributed by atoms with van der Waals surface area (Å²) >= 11 is 5.93. The number of aliphatic imine (C=N–C) groups is 1. The average Bonchev–Trinajstić information content (AvgIpc) is 2.71. The molecule has 2 heterocycles. The van der Waals surface area contributed by atoms with Gasteiger partial charge in [0.2, 0.25) is 0 Å². The number of rotatable bonds is 4. The van der Waals surface area contributed by atoms with E-state index in [0.717, 1.165) is 0 Å². The van der Waals surface area contributed by atoms with Crippen molar-refractivity contribution in [2.24, 2.45) is 4.99 Å². The maximum atomic E-state index is 12.7. The maximum absolute atomic E-state index is 12.7. The number of hydrogen-bond donors (Lipinski definition) is 0. The molecule has 0 amide bonds. The largest absolute Gasteiger partial charge is 0.289 e. The molecule has 0 spiro atoms. The molecule has 0 bridgehead atoms. The van der Waals surface area contributed by atoms with Gasteiger partial charge in [0.15, 0.2) is 5.78 Å². The number of allylic oxidation sites excluding steroid dienone is 4. The molecular weight excluding hydrogens is 272 g/mol. The molecule has 0 aliphatic carbocycles. The average molecular weight is 285 g/mol. The molecule has 0 aromatic carbocycles. The summed E-state index contributed by atoms with van der Waals surface area (Å²) in [6.07, 6.45) is 10.4. The van der Waals surface area contributed by atoms with E-state index in [9.17, 15) is 4.79 Å². The number of carbonyl (C=O) groups is 1. The highest BCUT2D eigenvalue weighted by molar-refractivity contribution is 6.31. The van der Waals surface area contributed by atoms with E-state index in [-0.39, 0.29) is 5.78 Å². The summed E-state index contributed by atoms with van der Waals surface area (Å²) in [4.78, 5) is 21.0. The van der Waals surface area contributed by atoms with Crippen LogP contribution in [0.15, 0.2) is 59.9 Å². The van der Waals surface area contributed by atoms with Crippen LogP contribution in [0, 0.1) is 0 Å². The predicted molar refractivity (Wildman–Crippen MR) is 83.1 cm³/mol. The monoisotopic (exact) mass is 284 g/mol. The normalized spacial score (nSPS) is 14.1. The Bertz CT molecular complexity index is 669. The van der Waals surface area contributed by atoms with Crippen molar-refractivity contribution in [2.45, 2.75) is 6.42 Å². The summed E-state index contributed by atoms with van der Waals surface area (Å²) in [5.74, 6) is -0.159. The van der Waals surface area contributed by atoms with Crippen LogP contribution in [0.4, 0.5) is 0 Å². The van der Waals surface area contributed by atoms with Gasteiger partial charge in [-0.3, -0.25) is 14.8 Å². The number of nitrogens with zero attached hydrogens (tertiary/aromatic N) is 2. The van der Waals surface area contributed by atoms with Crippen LogP contribution >= 0.6 is 11.6 Å². The van der Waals surface area contributed by atoms with Crippen molar-refractivity contribution >= 4 is 29.7 Å². The molecule has 100 valence electrons. The van der Waals surface area contributed by atoms with E-state index in [1.54, 1.807) is 24.4 Å². The van der Waals surface area contributed by atoms with Crippen molar-refractivity contribution in [1.29, 1.82) is 0 Å². The van der Waals surface area contributed by atoms with Crippen LogP contribution in [-0.2, 0) is 0 Å². The molecule has 0 radical (unpaired) electrons. The Balaban J connectivity index is 2.55. The van der Waals surface area contributed by atoms with Crippen LogP contribution in [0.3, 0.4) is 0 Å². The Morgan fingerprint density at radius 3 is 2.85 bits per heavy atom. The van der Waals surface area contributed by atoms with Crippen LogP contribution in [0.25, 0.3) is 6.08 Å². The Labute approximate surface area is 122 Å². The molecule has 0 unspecified atom stereocenters. The van der Waals surface area contributed by atoms with Gasteiger partial charge in [-0.1, -0.05) is 30.8 Å². The van der Waals surface area contributed by atoms with Crippen molar-refractivity contribution in [2.75, 3.05) is 0 Å². The second kappa shape index (κ2) is 6.26.